The molecule has 0 aliphatic heterocycles. The Balaban J connectivity index is 2.41. The summed E-state index contributed by atoms with van der Waals surface area (Å²) in [7, 11) is 0. The molecule has 1 heterocycles. The van der Waals surface area contributed by atoms with Crippen LogP contribution in [0.5, 0.6) is 0 Å². The summed E-state index contributed by atoms with van der Waals surface area (Å²) in [5, 5.41) is 28.6. The fraction of sp³-hybridized carbons (Fsp3) is 0.250. The molecule has 90 valence electrons. The molecule has 4 N–H and O–H groups in total. The van der Waals surface area contributed by atoms with E-state index in [1.165, 1.54) is 0 Å². The number of carbonyl (C=O) groups excluding carboxylic acids is 1. The molecule has 1 aromatic heterocycles. The summed E-state index contributed by atoms with van der Waals surface area (Å²) >= 11 is 0. The van der Waals surface area contributed by atoms with E-state index in [0.717, 1.165) is 11.7 Å². The van der Waals surface area contributed by atoms with Gasteiger partial charge in [-0.15, -0.1) is 0 Å². The van der Waals surface area contributed by atoms with Gasteiger partial charge in [0, 0.05) is 22.7 Å². The zero-order valence-electron chi connectivity index (χ0n) is 9.00. The molecule has 0 fully saturated rings. The SMILES string of the molecule is O=Cc1c[nH]c2cc(C(O)C(O)CO)ccc12. The van der Waals surface area contributed by atoms with Crippen LogP contribution in [0.3, 0.4) is 0 Å². The molecule has 0 spiro atoms. The van der Waals surface area contributed by atoms with Crippen molar-refractivity contribution >= 4 is 17.2 Å². The predicted octanol–water partition coefficient (Wildman–Crippen LogP) is 0.367. The summed E-state index contributed by atoms with van der Waals surface area (Å²) in [6.45, 7) is -0.510. The van der Waals surface area contributed by atoms with Gasteiger partial charge in [-0.25, -0.2) is 0 Å². The number of aliphatic hydroxyl groups excluding tert-OH is 3. The molecular weight excluding hydrogens is 222 g/mol. The van der Waals surface area contributed by atoms with E-state index < -0.39 is 18.8 Å². The first-order valence-electron chi connectivity index (χ1n) is 5.20. The Bertz CT molecular complexity index is 534. The second-order valence-corrected chi connectivity index (χ2v) is 3.86. The third-order valence-corrected chi connectivity index (χ3v) is 2.76. The number of hydrogen-bond donors (Lipinski definition) is 4. The van der Waals surface area contributed by atoms with Crippen molar-refractivity contribution in [1.29, 1.82) is 0 Å². The maximum absolute atomic E-state index is 10.7. The number of fused-ring (bicyclic) bond motifs is 1. The van der Waals surface area contributed by atoms with Gasteiger partial charge in [0.1, 0.15) is 12.2 Å². The fourth-order valence-corrected chi connectivity index (χ4v) is 1.77. The van der Waals surface area contributed by atoms with Gasteiger partial charge >= 0.3 is 0 Å². The summed E-state index contributed by atoms with van der Waals surface area (Å²) < 4.78 is 0. The van der Waals surface area contributed by atoms with Gasteiger partial charge in [-0.05, 0) is 11.6 Å². The molecule has 17 heavy (non-hydrogen) atoms. The lowest BCUT2D eigenvalue weighted by molar-refractivity contribution is -0.0152. The van der Waals surface area contributed by atoms with Crippen LogP contribution in [-0.2, 0) is 0 Å². The second kappa shape index (κ2) is 4.67. The second-order valence-electron chi connectivity index (χ2n) is 3.86. The van der Waals surface area contributed by atoms with Crippen molar-refractivity contribution in [2.24, 2.45) is 0 Å². The first-order valence-corrected chi connectivity index (χ1v) is 5.20. The van der Waals surface area contributed by atoms with E-state index in [9.17, 15) is 15.0 Å². The first-order chi connectivity index (χ1) is 8.17. The predicted molar refractivity (Wildman–Crippen MR) is 61.7 cm³/mol. The normalized spacial score (nSPS) is 14.8. The average Bonchev–Trinajstić information content (AvgIpc) is 2.78. The number of H-pyrrole nitrogens is 1. The van der Waals surface area contributed by atoms with Crippen LogP contribution in [-0.4, -0.2) is 39.3 Å². The minimum Gasteiger partial charge on any atom is -0.394 e. The Kier molecular flexibility index (Phi) is 3.23. The van der Waals surface area contributed by atoms with Crippen molar-refractivity contribution in [3.05, 3.63) is 35.5 Å². The van der Waals surface area contributed by atoms with Gasteiger partial charge in [0.2, 0.25) is 0 Å². The number of rotatable bonds is 4. The molecule has 0 amide bonds. The molecule has 0 saturated carbocycles. The minimum atomic E-state index is -1.21. The average molecular weight is 235 g/mol. The zero-order chi connectivity index (χ0) is 12.4. The van der Waals surface area contributed by atoms with Crippen LogP contribution in [0.25, 0.3) is 10.9 Å². The van der Waals surface area contributed by atoms with Gasteiger partial charge < -0.3 is 20.3 Å². The quantitative estimate of drug-likeness (QED) is 0.576. The van der Waals surface area contributed by atoms with Crippen LogP contribution in [0.15, 0.2) is 24.4 Å². The van der Waals surface area contributed by atoms with Gasteiger partial charge in [0.05, 0.1) is 6.61 Å². The number of aliphatic hydroxyl groups is 3. The Labute approximate surface area is 97.3 Å². The maximum Gasteiger partial charge on any atom is 0.152 e. The molecule has 2 rings (SSSR count). The summed E-state index contributed by atoms with van der Waals surface area (Å²) in [4.78, 5) is 13.6. The highest BCUT2D eigenvalue weighted by Gasteiger charge is 2.18. The minimum absolute atomic E-state index is 0.485. The van der Waals surface area contributed by atoms with Crippen molar-refractivity contribution in [3.63, 3.8) is 0 Å². The standard InChI is InChI=1S/C12H13NO4/c14-5-8-4-13-10-3-7(1-2-9(8)10)12(17)11(16)6-15/h1-5,11-13,15-17H,6H2. The van der Waals surface area contributed by atoms with Crippen molar-refractivity contribution in [2.45, 2.75) is 12.2 Å². The molecule has 1 aromatic carbocycles. The van der Waals surface area contributed by atoms with Gasteiger partial charge in [-0.2, -0.15) is 0 Å². The molecule has 0 aliphatic carbocycles. The lowest BCUT2D eigenvalue weighted by Gasteiger charge is -2.15. The van der Waals surface area contributed by atoms with E-state index in [4.69, 9.17) is 5.11 Å². The van der Waals surface area contributed by atoms with E-state index in [0.29, 0.717) is 16.6 Å². The van der Waals surface area contributed by atoms with Gasteiger partial charge in [0.25, 0.3) is 0 Å². The summed E-state index contributed by atoms with van der Waals surface area (Å²) in [6.07, 6.45) is -0.0336. The summed E-state index contributed by atoms with van der Waals surface area (Å²) in [5.74, 6) is 0. The maximum atomic E-state index is 10.7. The van der Waals surface area contributed by atoms with Crippen LogP contribution < -0.4 is 0 Å². The lowest BCUT2D eigenvalue weighted by Crippen LogP contribution is -2.21. The van der Waals surface area contributed by atoms with E-state index in [2.05, 4.69) is 4.98 Å². The molecule has 0 saturated heterocycles. The van der Waals surface area contributed by atoms with Crippen LogP contribution in [0.1, 0.15) is 22.0 Å². The number of aromatic amines is 1. The van der Waals surface area contributed by atoms with Crippen LogP contribution in [0.4, 0.5) is 0 Å². The molecule has 0 aliphatic rings. The Morgan fingerprint density at radius 1 is 1.35 bits per heavy atom. The fourth-order valence-electron chi connectivity index (χ4n) is 1.77. The van der Waals surface area contributed by atoms with Gasteiger partial charge in [-0.1, -0.05) is 12.1 Å². The first kappa shape index (κ1) is 11.8. The van der Waals surface area contributed by atoms with Crippen LogP contribution in [0.2, 0.25) is 0 Å². The molecule has 0 radical (unpaired) electrons. The van der Waals surface area contributed by atoms with Crippen molar-refractivity contribution in [3.8, 4) is 0 Å². The van der Waals surface area contributed by atoms with E-state index in [1.807, 2.05) is 0 Å². The van der Waals surface area contributed by atoms with Gasteiger partial charge in [-0.3, -0.25) is 4.79 Å². The van der Waals surface area contributed by atoms with Crippen molar-refractivity contribution in [2.75, 3.05) is 6.61 Å². The van der Waals surface area contributed by atoms with E-state index in [1.54, 1.807) is 24.4 Å². The van der Waals surface area contributed by atoms with Crippen LogP contribution in [0, 0.1) is 0 Å². The highest BCUT2D eigenvalue weighted by atomic mass is 16.4. The number of hydrogen-bond acceptors (Lipinski definition) is 4. The molecular formula is C12H13NO4. The van der Waals surface area contributed by atoms with Crippen molar-refractivity contribution < 1.29 is 20.1 Å². The zero-order valence-corrected chi connectivity index (χ0v) is 9.00. The van der Waals surface area contributed by atoms with E-state index in [-0.39, 0.29) is 0 Å². The molecule has 2 unspecified atom stereocenters. The Hall–Kier alpha value is -1.69. The molecule has 5 nitrogen and oxygen atoms in total. The number of benzene rings is 1. The molecule has 5 heteroatoms. The largest absolute Gasteiger partial charge is 0.394 e. The highest BCUT2D eigenvalue weighted by molar-refractivity contribution is 5.97. The van der Waals surface area contributed by atoms with Crippen LogP contribution >= 0.6 is 0 Å². The molecule has 0 bridgehead atoms. The Morgan fingerprint density at radius 3 is 2.76 bits per heavy atom. The van der Waals surface area contributed by atoms with E-state index >= 15 is 0 Å². The lowest BCUT2D eigenvalue weighted by atomic mass is 10.0. The topological polar surface area (TPSA) is 93.6 Å². The highest BCUT2D eigenvalue weighted by Crippen LogP contribution is 2.23. The van der Waals surface area contributed by atoms with Crippen molar-refractivity contribution in [1.82, 2.24) is 4.98 Å². The number of carbonyl (C=O) groups is 1. The third-order valence-electron chi connectivity index (χ3n) is 2.76. The molecule has 2 atom stereocenters. The summed E-state index contributed by atoms with van der Waals surface area (Å²) in [5.41, 5.74) is 1.73. The third kappa shape index (κ3) is 2.08. The number of aromatic nitrogens is 1. The number of nitrogens with one attached hydrogen (secondary N) is 1. The summed E-state index contributed by atoms with van der Waals surface area (Å²) in [6, 6.07) is 4.96. The molecule has 2 aromatic rings. The smallest absolute Gasteiger partial charge is 0.152 e. The van der Waals surface area contributed by atoms with Gasteiger partial charge in [0.15, 0.2) is 6.29 Å². The number of aldehydes is 1. The monoisotopic (exact) mass is 235 g/mol. The Morgan fingerprint density at radius 2 is 2.12 bits per heavy atom.